The number of fused-ring (bicyclic) bond motifs is 1. The van der Waals surface area contributed by atoms with Gasteiger partial charge in [-0.3, -0.25) is 14.2 Å². The largest absolute Gasteiger partial charge is 0.459 e. The van der Waals surface area contributed by atoms with Gasteiger partial charge in [0, 0.05) is 12.7 Å². The number of ether oxygens (including phenoxy) is 2. The SMILES string of the molecule is COCCOC(=O)c1sc2ncn(CC(=O)c3ccccc3)c(=O)c2c1C. The van der Waals surface area contributed by atoms with E-state index < -0.39 is 5.97 Å². The molecule has 0 aliphatic rings. The van der Waals surface area contributed by atoms with Crippen LogP contribution in [0.1, 0.15) is 25.6 Å². The van der Waals surface area contributed by atoms with Gasteiger partial charge in [-0.15, -0.1) is 11.3 Å². The first-order valence-electron chi connectivity index (χ1n) is 8.25. The van der Waals surface area contributed by atoms with Gasteiger partial charge >= 0.3 is 5.97 Å². The van der Waals surface area contributed by atoms with E-state index in [0.717, 1.165) is 11.3 Å². The average molecular weight is 386 g/mol. The topological polar surface area (TPSA) is 87.5 Å². The number of aromatic nitrogens is 2. The molecule has 2 aromatic heterocycles. The summed E-state index contributed by atoms with van der Waals surface area (Å²) in [6, 6.07) is 8.75. The summed E-state index contributed by atoms with van der Waals surface area (Å²) in [5, 5.41) is 0.335. The molecule has 0 bridgehead atoms. The Morgan fingerprint density at radius 1 is 1.19 bits per heavy atom. The van der Waals surface area contributed by atoms with E-state index in [9.17, 15) is 14.4 Å². The molecule has 0 spiro atoms. The minimum Gasteiger partial charge on any atom is -0.459 e. The Balaban J connectivity index is 1.91. The number of carbonyl (C=O) groups is 2. The Kier molecular flexibility index (Phi) is 5.78. The number of aryl methyl sites for hydroxylation is 1. The zero-order valence-corrected chi connectivity index (χ0v) is 15.7. The van der Waals surface area contributed by atoms with Crippen molar-refractivity contribution >= 4 is 33.3 Å². The molecule has 0 radical (unpaired) electrons. The van der Waals surface area contributed by atoms with Gasteiger partial charge in [-0.2, -0.15) is 0 Å². The number of benzene rings is 1. The lowest BCUT2D eigenvalue weighted by Crippen LogP contribution is -2.24. The van der Waals surface area contributed by atoms with Crippen LogP contribution < -0.4 is 5.56 Å². The second-order valence-electron chi connectivity index (χ2n) is 5.83. The third-order valence-corrected chi connectivity index (χ3v) is 5.21. The molecule has 0 saturated heterocycles. The van der Waals surface area contributed by atoms with Gasteiger partial charge in [0.1, 0.15) is 16.3 Å². The Morgan fingerprint density at radius 2 is 1.93 bits per heavy atom. The van der Waals surface area contributed by atoms with E-state index in [2.05, 4.69) is 4.98 Å². The molecule has 8 heteroatoms. The summed E-state index contributed by atoms with van der Waals surface area (Å²) in [6.45, 7) is 1.99. The molecule has 27 heavy (non-hydrogen) atoms. The van der Waals surface area contributed by atoms with Crippen molar-refractivity contribution in [3.05, 3.63) is 63.0 Å². The monoisotopic (exact) mass is 386 g/mol. The molecular formula is C19H18N2O5S. The quantitative estimate of drug-likeness (QED) is 0.352. The minimum absolute atomic E-state index is 0.116. The fraction of sp³-hybridized carbons (Fsp3) is 0.263. The van der Waals surface area contributed by atoms with E-state index in [4.69, 9.17) is 9.47 Å². The van der Waals surface area contributed by atoms with E-state index >= 15 is 0 Å². The highest BCUT2D eigenvalue weighted by Crippen LogP contribution is 2.27. The second-order valence-corrected chi connectivity index (χ2v) is 6.83. The Labute approximate surface area is 159 Å². The molecule has 0 unspecified atom stereocenters. The summed E-state index contributed by atoms with van der Waals surface area (Å²) < 4.78 is 11.2. The predicted octanol–water partition coefficient (Wildman–Crippen LogP) is 2.45. The summed E-state index contributed by atoms with van der Waals surface area (Å²) >= 11 is 1.10. The average Bonchev–Trinajstić information content (AvgIpc) is 3.02. The molecule has 0 N–H and O–H groups in total. The van der Waals surface area contributed by atoms with Crippen LogP contribution >= 0.6 is 11.3 Å². The van der Waals surface area contributed by atoms with Crippen LogP contribution in [0.5, 0.6) is 0 Å². The highest BCUT2D eigenvalue weighted by molar-refractivity contribution is 7.20. The van der Waals surface area contributed by atoms with Gasteiger partial charge in [0.15, 0.2) is 5.78 Å². The molecule has 2 heterocycles. The molecule has 3 aromatic rings. The van der Waals surface area contributed by atoms with Gasteiger partial charge in [0.2, 0.25) is 0 Å². The molecule has 1 aromatic carbocycles. The van der Waals surface area contributed by atoms with Crippen molar-refractivity contribution in [3.8, 4) is 0 Å². The highest BCUT2D eigenvalue weighted by Gasteiger charge is 2.21. The van der Waals surface area contributed by atoms with Gasteiger partial charge < -0.3 is 9.47 Å². The maximum absolute atomic E-state index is 12.8. The van der Waals surface area contributed by atoms with Crippen molar-refractivity contribution < 1.29 is 19.1 Å². The number of thiophene rings is 1. The van der Waals surface area contributed by atoms with Crippen molar-refractivity contribution in [1.29, 1.82) is 0 Å². The molecule has 3 rings (SSSR count). The predicted molar refractivity (Wildman–Crippen MR) is 102 cm³/mol. The van der Waals surface area contributed by atoms with Gasteiger partial charge in [0.25, 0.3) is 5.56 Å². The smallest absolute Gasteiger partial charge is 0.348 e. The molecule has 0 amide bonds. The van der Waals surface area contributed by atoms with E-state index in [1.165, 1.54) is 18.0 Å². The maximum atomic E-state index is 12.8. The Morgan fingerprint density at radius 3 is 2.63 bits per heavy atom. The summed E-state index contributed by atoms with van der Waals surface area (Å²) in [6.07, 6.45) is 1.33. The Bertz CT molecular complexity index is 1040. The van der Waals surface area contributed by atoms with Crippen LogP contribution in [-0.2, 0) is 16.0 Å². The van der Waals surface area contributed by atoms with Crippen LogP contribution in [0.2, 0.25) is 0 Å². The lowest BCUT2D eigenvalue weighted by molar-refractivity contribution is 0.0393. The highest BCUT2D eigenvalue weighted by atomic mass is 32.1. The van der Waals surface area contributed by atoms with Crippen LogP contribution in [0.3, 0.4) is 0 Å². The van der Waals surface area contributed by atoms with Crippen molar-refractivity contribution in [2.45, 2.75) is 13.5 Å². The molecule has 140 valence electrons. The molecular weight excluding hydrogens is 368 g/mol. The lowest BCUT2D eigenvalue weighted by atomic mass is 10.1. The van der Waals surface area contributed by atoms with Gasteiger partial charge in [0.05, 0.1) is 24.9 Å². The van der Waals surface area contributed by atoms with Crippen LogP contribution in [0.4, 0.5) is 0 Å². The van der Waals surface area contributed by atoms with E-state index in [1.54, 1.807) is 31.2 Å². The fourth-order valence-corrected chi connectivity index (χ4v) is 3.65. The summed E-state index contributed by atoms with van der Waals surface area (Å²) in [5.74, 6) is -0.704. The first kappa shape index (κ1) is 18.9. The third-order valence-electron chi connectivity index (χ3n) is 4.03. The number of ketones is 1. The van der Waals surface area contributed by atoms with Crippen molar-refractivity contribution in [1.82, 2.24) is 9.55 Å². The fourth-order valence-electron chi connectivity index (χ4n) is 2.62. The molecule has 0 aliphatic heterocycles. The molecule has 0 fully saturated rings. The second kappa shape index (κ2) is 8.24. The van der Waals surface area contributed by atoms with Gasteiger partial charge in [-0.1, -0.05) is 30.3 Å². The first-order chi connectivity index (χ1) is 13.0. The van der Waals surface area contributed by atoms with E-state index in [0.29, 0.717) is 32.8 Å². The van der Waals surface area contributed by atoms with Crippen LogP contribution in [-0.4, -0.2) is 41.6 Å². The van der Waals surface area contributed by atoms with Crippen LogP contribution in [0.25, 0.3) is 10.2 Å². The summed E-state index contributed by atoms with van der Waals surface area (Å²) in [5.41, 5.74) is 0.680. The number of Topliss-reactive ketones (excluding diaryl/α,β-unsaturated/α-hetero) is 1. The van der Waals surface area contributed by atoms with Crippen LogP contribution in [0, 0.1) is 6.92 Å². The number of nitrogens with zero attached hydrogens (tertiary/aromatic N) is 2. The van der Waals surface area contributed by atoms with Gasteiger partial charge in [-0.05, 0) is 12.5 Å². The number of rotatable bonds is 7. The summed E-state index contributed by atoms with van der Waals surface area (Å²) in [7, 11) is 1.52. The minimum atomic E-state index is -0.515. The molecule has 0 aliphatic carbocycles. The normalized spacial score (nSPS) is 10.9. The number of hydrogen-bond donors (Lipinski definition) is 0. The summed E-state index contributed by atoms with van der Waals surface area (Å²) in [4.78, 5) is 42.4. The maximum Gasteiger partial charge on any atom is 0.348 e. The number of hydrogen-bond acceptors (Lipinski definition) is 7. The number of esters is 1. The lowest BCUT2D eigenvalue weighted by Gasteiger charge is -2.05. The van der Waals surface area contributed by atoms with Gasteiger partial charge in [-0.25, -0.2) is 9.78 Å². The standard InChI is InChI=1S/C19H18N2O5S/c1-12-15-17(27-16(12)19(24)26-9-8-25-2)20-11-21(18(15)23)10-14(22)13-6-4-3-5-7-13/h3-7,11H,8-10H2,1-2H3. The van der Waals surface area contributed by atoms with E-state index in [1.807, 2.05) is 6.07 Å². The van der Waals surface area contributed by atoms with Crippen molar-refractivity contribution in [2.24, 2.45) is 0 Å². The van der Waals surface area contributed by atoms with Crippen molar-refractivity contribution in [2.75, 3.05) is 20.3 Å². The zero-order chi connectivity index (χ0) is 19.4. The zero-order valence-electron chi connectivity index (χ0n) is 14.9. The molecule has 7 nitrogen and oxygen atoms in total. The third kappa shape index (κ3) is 3.96. The number of methoxy groups -OCH3 is 1. The van der Waals surface area contributed by atoms with Crippen molar-refractivity contribution in [3.63, 3.8) is 0 Å². The van der Waals surface area contributed by atoms with E-state index in [-0.39, 0.29) is 24.5 Å². The Hall–Kier alpha value is -2.84. The van der Waals surface area contributed by atoms with Crippen LogP contribution in [0.15, 0.2) is 41.5 Å². The molecule has 0 atom stereocenters. The molecule has 0 saturated carbocycles. The first-order valence-corrected chi connectivity index (χ1v) is 9.07. The number of carbonyl (C=O) groups excluding carboxylic acids is 2.